The molecule has 0 aliphatic carbocycles. The fraction of sp³-hybridized carbons (Fsp3) is 0.308. The molecule has 690 valence electrons. The Bertz CT molecular complexity index is 6840. The Morgan fingerprint density at radius 1 is 0.378 bits per heavy atom. The summed E-state index contributed by atoms with van der Waals surface area (Å²) in [6, 6.07) is 80.7. The van der Waals surface area contributed by atoms with Crippen molar-refractivity contribution in [1.29, 1.82) is 0 Å². The second-order valence-electron chi connectivity index (χ2n) is 35.1. The first-order chi connectivity index (χ1) is 66.1. The highest BCUT2D eigenvalue weighted by molar-refractivity contribution is 5.94. The number of aryl methyl sites for hydroxylation is 1. The van der Waals surface area contributed by atoms with Crippen molar-refractivity contribution < 1.29 is 52.2 Å². The van der Waals surface area contributed by atoms with Crippen LogP contribution < -0.4 is 53.7 Å². The summed E-state index contributed by atoms with van der Waals surface area (Å²) in [7, 11) is 4.23. The molecule has 6 aliphatic heterocycles. The van der Waals surface area contributed by atoms with Gasteiger partial charge < -0.3 is 58.6 Å². The second kappa shape index (κ2) is 41.7. The fourth-order valence-electron chi connectivity index (χ4n) is 17.6. The molecule has 0 spiro atoms. The molecule has 3 N–H and O–H groups in total. The maximum absolute atomic E-state index is 12.9. The summed E-state index contributed by atoms with van der Waals surface area (Å²) >= 11 is 0. The number of carbonyl (C=O) groups is 2. The minimum absolute atomic E-state index is 0.00486. The molecule has 2 fully saturated rings. The third-order valence-corrected chi connectivity index (χ3v) is 24.8. The summed E-state index contributed by atoms with van der Waals surface area (Å²) in [5.74, 6) is 10.3. The van der Waals surface area contributed by atoms with E-state index in [1.54, 1.807) is 0 Å². The molecule has 28 nitrogen and oxygen atoms in total. The zero-order valence-electron chi connectivity index (χ0n) is 76.8. The second-order valence-corrected chi connectivity index (χ2v) is 35.1. The topological polar surface area (TPSA) is 286 Å². The third kappa shape index (κ3) is 21.9. The van der Waals surface area contributed by atoms with Crippen molar-refractivity contribution in [2.75, 3.05) is 112 Å². The van der Waals surface area contributed by atoms with Gasteiger partial charge in [-0.25, -0.2) is 38.0 Å². The number of ketones is 1. The van der Waals surface area contributed by atoms with Crippen LogP contribution in [0.25, 0.3) is 67.6 Å². The zero-order valence-corrected chi connectivity index (χ0v) is 76.8. The maximum Gasteiger partial charge on any atom is 0.241 e. The molecule has 14 heterocycles. The van der Waals surface area contributed by atoms with Gasteiger partial charge in [0.05, 0.1) is 34.9 Å². The lowest BCUT2D eigenvalue weighted by Crippen LogP contribution is -2.40. The van der Waals surface area contributed by atoms with E-state index >= 15 is 0 Å². The molecule has 1 amide bonds. The van der Waals surface area contributed by atoms with E-state index in [4.69, 9.17) is 88.7 Å². The number of hydrogen-bond acceptors (Lipinski definition) is 23. The molecule has 0 radical (unpaired) electrons. The Morgan fingerprint density at radius 3 is 1.09 bits per heavy atom. The van der Waals surface area contributed by atoms with Gasteiger partial charge in [-0.2, -0.15) is 20.4 Å². The molecular formula is C107H111N17O11. The average Bonchev–Trinajstić information content (AvgIpc) is 1.69. The van der Waals surface area contributed by atoms with Crippen LogP contribution in [0.2, 0.25) is 0 Å². The quantitative estimate of drug-likeness (QED) is 0.0509. The number of carbonyl (C=O) groups excluding carboxylic acids is 2. The zero-order chi connectivity index (χ0) is 92.1. The number of nitrogens with zero attached hydrogens (tertiary/aromatic N) is 15. The number of Topliss-reactive ketones (excluding diaryl/α,β-unsaturated/α-hetero) is 1. The molecule has 16 aromatic rings. The molecule has 8 aromatic heterocycles. The van der Waals surface area contributed by atoms with Crippen molar-refractivity contribution in [2.24, 2.45) is 5.73 Å². The van der Waals surface area contributed by atoms with Gasteiger partial charge in [-0.15, -0.1) is 0 Å². The number of ether oxygens (including phenoxy) is 9. The molecule has 0 bridgehead atoms. The number of rotatable bonds is 26. The van der Waals surface area contributed by atoms with E-state index in [9.17, 15) is 9.59 Å². The molecule has 6 aliphatic rings. The largest absolute Gasteiger partial charge is 0.492 e. The summed E-state index contributed by atoms with van der Waals surface area (Å²) in [4.78, 5) is 51.2. The number of pyridine rings is 4. The lowest BCUT2D eigenvalue weighted by molar-refractivity contribution is -0.123. The molecule has 135 heavy (non-hydrogen) atoms. The highest BCUT2D eigenvalue weighted by Crippen LogP contribution is 2.40. The van der Waals surface area contributed by atoms with Crippen LogP contribution in [-0.4, -0.2) is 209 Å². The predicted octanol–water partition coefficient (Wildman–Crippen LogP) is 16.3. The van der Waals surface area contributed by atoms with Crippen LogP contribution >= 0.6 is 0 Å². The third-order valence-electron chi connectivity index (χ3n) is 24.8. The Balaban J connectivity index is 0.000000116. The van der Waals surface area contributed by atoms with Crippen molar-refractivity contribution in [3.05, 3.63) is 299 Å². The van der Waals surface area contributed by atoms with Crippen molar-refractivity contribution in [3.63, 3.8) is 0 Å². The van der Waals surface area contributed by atoms with Crippen LogP contribution in [0.3, 0.4) is 0 Å². The number of likely N-dealkylation sites (tertiary alicyclic amines) is 2. The van der Waals surface area contributed by atoms with Crippen LogP contribution in [0.1, 0.15) is 110 Å². The summed E-state index contributed by atoms with van der Waals surface area (Å²) in [6.07, 6.45) is 9.99. The Kier molecular flexibility index (Phi) is 27.7. The van der Waals surface area contributed by atoms with Crippen LogP contribution in [-0.2, 0) is 48.1 Å². The van der Waals surface area contributed by atoms with Crippen LogP contribution in [0.5, 0.6) is 51.7 Å². The number of anilines is 1. The number of nitrogens with one attached hydrogen (secondary N) is 1. The number of fused-ring (bicyclic) bond motifs is 8. The van der Waals surface area contributed by atoms with Crippen molar-refractivity contribution in [1.82, 2.24) is 73.1 Å². The number of amides is 1. The lowest BCUT2D eigenvalue weighted by atomic mass is 10.0. The molecule has 22 rings (SSSR count). The Morgan fingerprint density at radius 2 is 0.711 bits per heavy atom. The first kappa shape index (κ1) is 89.6. The normalized spacial score (nSPS) is 15.0. The lowest BCUT2D eigenvalue weighted by Gasteiger charge is -2.22. The van der Waals surface area contributed by atoms with Crippen LogP contribution in [0, 0.1) is 0 Å². The highest BCUT2D eigenvalue weighted by atomic mass is 16.6. The van der Waals surface area contributed by atoms with Gasteiger partial charge >= 0.3 is 0 Å². The molecular weight excluding hydrogens is 1700 g/mol. The maximum atomic E-state index is 12.9. The molecule has 28 heteroatoms. The van der Waals surface area contributed by atoms with Gasteiger partial charge in [0.1, 0.15) is 65.2 Å². The minimum Gasteiger partial charge on any atom is -0.492 e. The number of benzene rings is 8. The number of aromatic nitrogens is 12. The van der Waals surface area contributed by atoms with Gasteiger partial charge in [0, 0.05) is 66.1 Å². The SMILES string of the molecule is CC(C(=O)Cc1cccc(Cc2nc3cccc(-c4ccc5c(c4)OCCO5)n3n2)c1)N1CCCC1.CC(C(=O)Nc1ccc(Cc2nc3cccc(-c4ccc5c(c4)OCCO5)n3n2)cc1)N1CCCC1.CN(C)CCCc1ccc(Cc2nc3cccc(-c4ccc5c(c4)OCCO5)n3n2)cc1.C[C@@H](N)COc1ccc(Cc2nc3cccc(-c4ccc5c(c4)OCCO5)n3n2)cc1. The van der Waals surface area contributed by atoms with Crippen LogP contribution in [0.4, 0.5) is 5.69 Å². The molecule has 3 atom stereocenters. The van der Waals surface area contributed by atoms with Gasteiger partial charge in [0.15, 0.2) is 97.7 Å². The van der Waals surface area contributed by atoms with E-state index in [1.165, 1.54) is 43.2 Å². The van der Waals surface area contributed by atoms with Gasteiger partial charge in [-0.1, -0.05) is 97.1 Å². The predicted molar refractivity (Wildman–Crippen MR) is 519 cm³/mol. The van der Waals surface area contributed by atoms with E-state index in [0.29, 0.717) is 91.6 Å². The van der Waals surface area contributed by atoms with Crippen molar-refractivity contribution in [3.8, 4) is 96.8 Å². The number of nitrogens with two attached hydrogens (primary N) is 1. The summed E-state index contributed by atoms with van der Waals surface area (Å²) < 4.78 is 58.8. The van der Waals surface area contributed by atoms with Crippen molar-refractivity contribution >= 4 is 40.0 Å². The Hall–Kier alpha value is -14.6. The molecule has 8 aromatic carbocycles. The van der Waals surface area contributed by atoms with Gasteiger partial charge in [0.25, 0.3) is 0 Å². The Labute approximate surface area is 783 Å². The van der Waals surface area contributed by atoms with Gasteiger partial charge in [-0.05, 0) is 285 Å². The first-order valence-corrected chi connectivity index (χ1v) is 46.8. The number of hydrogen-bond donors (Lipinski definition) is 2. The standard InChI is InChI=1S/C29H30N4O3.C28H29N5O3.C26H28N4O2.C24H24N4O3/c1-20(32-12-2-3-13-32)25(34)17-21-6-4-7-22(16-21)18-28-30-29-9-5-8-24(33(29)31-28)23-10-11-26-27(19-23)36-15-14-35-26;1-19(32-13-2-3-14-32)28(34)29-22-10-7-20(8-11-22)17-26-30-27-6-4-5-23(33(27)31-26)21-9-12-24-25(18-21)36-16-15-35-24;1-29(2)14-4-5-19-8-10-20(11-9-19)17-25-27-26-7-3-6-22(30(26)28-25)21-12-13-23-24(18-21)32-16-15-31-23;1-16(25)15-31-19-8-5-17(6-9-19)13-23-26-24-4-2-3-20(28(24)27-23)18-7-10-21-22(14-18)30-12-11-29-21/h4-11,16,19-20H,2-3,12-15,17-18H2,1H3;4-12,18-19H,2-3,13-17H2,1H3,(H,29,34);3,6-13,18H,4-5,14-17H2,1-2H3;2-10,14,16H,11-13,15,25H2,1H3/t;;;16-/m...1/s1. The van der Waals surface area contributed by atoms with Gasteiger partial charge in [0.2, 0.25) is 5.91 Å². The molecule has 2 saturated heterocycles. The minimum atomic E-state index is -0.113. The van der Waals surface area contributed by atoms with Gasteiger partial charge in [-0.3, -0.25) is 19.4 Å². The van der Waals surface area contributed by atoms with E-state index in [2.05, 4.69) is 76.6 Å². The first-order valence-electron chi connectivity index (χ1n) is 46.8. The summed E-state index contributed by atoms with van der Waals surface area (Å²) in [5.41, 5.74) is 24.5. The van der Waals surface area contributed by atoms with E-state index in [0.717, 1.165) is 210 Å². The smallest absolute Gasteiger partial charge is 0.241 e. The molecule has 2 unspecified atom stereocenters. The van der Waals surface area contributed by atoms with E-state index in [-0.39, 0.29) is 29.8 Å². The summed E-state index contributed by atoms with van der Waals surface area (Å²) in [5, 5.41) is 22.2. The fourth-order valence-corrected chi connectivity index (χ4v) is 17.6. The highest BCUT2D eigenvalue weighted by Gasteiger charge is 2.28. The van der Waals surface area contributed by atoms with Crippen LogP contribution in [0.15, 0.2) is 243 Å². The summed E-state index contributed by atoms with van der Waals surface area (Å²) in [6.45, 7) is 16.1. The monoisotopic (exact) mass is 1810 g/mol. The molecule has 0 saturated carbocycles. The average molecular weight is 1810 g/mol. The van der Waals surface area contributed by atoms with Crippen molar-refractivity contribution in [2.45, 2.75) is 110 Å². The van der Waals surface area contributed by atoms with E-state index in [1.807, 2.05) is 239 Å². The van der Waals surface area contributed by atoms with E-state index < -0.39 is 0 Å².